The second-order valence-corrected chi connectivity index (χ2v) is 9.05. The third-order valence-corrected chi connectivity index (χ3v) is 6.07. The molecule has 0 fully saturated rings. The van der Waals surface area contributed by atoms with Gasteiger partial charge < -0.3 is 20.0 Å². The number of nitrogens with zero attached hydrogens (tertiary/aromatic N) is 2. The lowest BCUT2D eigenvalue weighted by Crippen LogP contribution is -2.49. The van der Waals surface area contributed by atoms with Crippen molar-refractivity contribution >= 4 is 11.8 Å². The summed E-state index contributed by atoms with van der Waals surface area (Å²) in [5.74, 6) is 6.38. The monoisotopic (exact) mass is 440 g/mol. The van der Waals surface area contributed by atoms with E-state index in [4.69, 9.17) is 0 Å². The lowest BCUT2D eigenvalue weighted by atomic mass is 9.84. The first-order chi connectivity index (χ1) is 15.1. The molecule has 2 rings (SSSR count). The van der Waals surface area contributed by atoms with Crippen molar-refractivity contribution in [3.05, 3.63) is 47.6 Å². The summed E-state index contributed by atoms with van der Waals surface area (Å²) in [5, 5.41) is 19.9. The third kappa shape index (κ3) is 7.22. The summed E-state index contributed by atoms with van der Waals surface area (Å²) in [6.45, 7) is 4.76. The minimum Gasteiger partial charge on any atom is -0.380 e. The van der Waals surface area contributed by atoms with Gasteiger partial charge in [-0.3, -0.25) is 9.59 Å². The molecule has 5 atom stereocenters. The molecule has 0 radical (unpaired) electrons. The molecule has 6 heteroatoms. The van der Waals surface area contributed by atoms with E-state index < -0.39 is 24.0 Å². The van der Waals surface area contributed by atoms with Crippen LogP contribution in [-0.4, -0.2) is 71.7 Å². The van der Waals surface area contributed by atoms with E-state index >= 15 is 0 Å². The highest BCUT2D eigenvalue weighted by Crippen LogP contribution is 2.26. The fourth-order valence-corrected chi connectivity index (χ4v) is 3.60. The van der Waals surface area contributed by atoms with Gasteiger partial charge in [-0.25, -0.2) is 0 Å². The van der Waals surface area contributed by atoms with Gasteiger partial charge in [-0.15, -0.1) is 0 Å². The molecule has 2 amide bonds. The molecule has 0 aromatic rings. The number of carbonyl (C=O) groups excluding carboxylic acids is 2. The number of carbonyl (C=O) groups is 2. The molecule has 2 aliphatic rings. The summed E-state index contributed by atoms with van der Waals surface area (Å²) in [7, 11) is 4.49. The van der Waals surface area contributed by atoms with Crippen LogP contribution in [0, 0.1) is 29.6 Å². The van der Waals surface area contributed by atoms with Gasteiger partial charge >= 0.3 is 0 Å². The fraction of sp³-hybridized carbons (Fsp3) is 0.538. The van der Waals surface area contributed by atoms with Crippen LogP contribution in [0.25, 0.3) is 0 Å². The summed E-state index contributed by atoms with van der Waals surface area (Å²) in [6.07, 6.45) is 12.0. The van der Waals surface area contributed by atoms with Crippen molar-refractivity contribution in [3.63, 3.8) is 0 Å². The topological polar surface area (TPSA) is 81.1 Å². The number of aliphatic hydroxyl groups excluding tert-OH is 2. The number of hydrogen-bond donors (Lipinski definition) is 2. The highest BCUT2D eigenvalue weighted by Gasteiger charge is 2.33. The molecule has 0 aromatic carbocycles. The Labute approximate surface area is 192 Å². The van der Waals surface area contributed by atoms with Crippen LogP contribution in [0.15, 0.2) is 47.6 Å². The van der Waals surface area contributed by atoms with E-state index in [0.29, 0.717) is 24.3 Å². The number of amides is 2. The van der Waals surface area contributed by atoms with Crippen LogP contribution in [-0.2, 0) is 9.59 Å². The number of rotatable bonds is 7. The van der Waals surface area contributed by atoms with Crippen LogP contribution in [0.1, 0.15) is 33.1 Å². The highest BCUT2D eigenvalue weighted by molar-refractivity contribution is 5.90. The number of allylic oxidation sites excluding steroid dienone is 8. The van der Waals surface area contributed by atoms with Crippen LogP contribution in [0.4, 0.5) is 0 Å². The molecule has 0 saturated carbocycles. The first-order valence-electron chi connectivity index (χ1n) is 11.2. The van der Waals surface area contributed by atoms with Gasteiger partial charge in [0.1, 0.15) is 0 Å². The van der Waals surface area contributed by atoms with Crippen molar-refractivity contribution < 1.29 is 19.8 Å². The molecule has 0 aliphatic heterocycles. The summed E-state index contributed by atoms with van der Waals surface area (Å²) in [5.41, 5.74) is 2.09. The molecule has 2 aliphatic carbocycles. The number of aliphatic hydroxyl groups is 2. The van der Waals surface area contributed by atoms with Gasteiger partial charge in [-0.2, -0.15) is 0 Å². The zero-order valence-corrected chi connectivity index (χ0v) is 19.8. The largest absolute Gasteiger partial charge is 0.380 e. The minimum atomic E-state index is -1.76. The molecule has 0 heterocycles. The molecule has 0 spiro atoms. The maximum atomic E-state index is 12.4. The van der Waals surface area contributed by atoms with Gasteiger partial charge in [0.2, 0.25) is 0 Å². The fourth-order valence-electron chi connectivity index (χ4n) is 3.60. The van der Waals surface area contributed by atoms with E-state index in [1.54, 1.807) is 7.05 Å². The van der Waals surface area contributed by atoms with E-state index in [0.717, 1.165) is 35.3 Å². The van der Waals surface area contributed by atoms with Crippen molar-refractivity contribution in [1.82, 2.24) is 9.80 Å². The van der Waals surface area contributed by atoms with Crippen molar-refractivity contribution in [3.8, 4) is 11.8 Å². The zero-order valence-electron chi connectivity index (χ0n) is 19.8. The van der Waals surface area contributed by atoms with E-state index in [2.05, 4.69) is 62.1 Å². The van der Waals surface area contributed by atoms with E-state index in [9.17, 15) is 19.8 Å². The van der Waals surface area contributed by atoms with Crippen molar-refractivity contribution in [2.75, 3.05) is 27.7 Å². The maximum Gasteiger partial charge on any atom is 0.254 e. The van der Waals surface area contributed by atoms with Crippen LogP contribution >= 0.6 is 0 Å². The predicted octanol–water partition coefficient (Wildman–Crippen LogP) is 2.31. The Kier molecular flexibility index (Phi) is 9.49. The Morgan fingerprint density at radius 1 is 1.00 bits per heavy atom. The Hall–Kier alpha value is -2.62. The molecule has 174 valence electrons. The minimum absolute atomic E-state index is 0.322. The summed E-state index contributed by atoms with van der Waals surface area (Å²) >= 11 is 0. The van der Waals surface area contributed by atoms with Crippen LogP contribution in [0.5, 0.6) is 0 Å². The number of hydrogen-bond acceptors (Lipinski definition) is 4. The first-order valence-corrected chi connectivity index (χ1v) is 11.2. The lowest BCUT2D eigenvalue weighted by Gasteiger charge is -2.27. The smallest absolute Gasteiger partial charge is 0.254 e. The average molecular weight is 441 g/mol. The third-order valence-electron chi connectivity index (χ3n) is 6.07. The molecule has 32 heavy (non-hydrogen) atoms. The molecule has 0 saturated heterocycles. The van der Waals surface area contributed by atoms with Gasteiger partial charge in [-0.1, -0.05) is 62.1 Å². The van der Waals surface area contributed by atoms with Crippen LogP contribution in [0.3, 0.4) is 0 Å². The predicted molar refractivity (Wildman–Crippen MR) is 126 cm³/mol. The highest BCUT2D eigenvalue weighted by atomic mass is 16.3. The molecule has 0 aromatic heterocycles. The Bertz CT molecular complexity index is 872. The van der Waals surface area contributed by atoms with Crippen molar-refractivity contribution in [1.29, 1.82) is 0 Å². The van der Waals surface area contributed by atoms with E-state index in [1.165, 1.54) is 19.0 Å². The van der Waals surface area contributed by atoms with Gasteiger partial charge in [0.15, 0.2) is 12.2 Å². The van der Waals surface area contributed by atoms with Gasteiger partial charge in [0.25, 0.3) is 11.8 Å². The Morgan fingerprint density at radius 3 is 2.06 bits per heavy atom. The SMILES string of the molecule is CC1C=CC(C#CC2=CCC(C(C)CCN(C)C(=O)C(O)C(O)C(=O)N(C)C)C=C2)=CC1. The first kappa shape index (κ1) is 25.6. The molecule has 0 bridgehead atoms. The van der Waals surface area contributed by atoms with Crippen LogP contribution in [0.2, 0.25) is 0 Å². The second-order valence-electron chi connectivity index (χ2n) is 9.05. The van der Waals surface area contributed by atoms with Crippen LogP contribution < -0.4 is 0 Å². The van der Waals surface area contributed by atoms with E-state index in [-0.39, 0.29) is 0 Å². The summed E-state index contributed by atoms with van der Waals surface area (Å²) < 4.78 is 0. The Morgan fingerprint density at radius 2 is 1.56 bits per heavy atom. The Balaban J connectivity index is 1.81. The van der Waals surface area contributed by atoms with Crippen molar-refractivity contribution in [2.45, 2.75) is 45.3 Å². The lowest BCUT2D eigenvalue weighted by molar-refractivity contribution is -0.156. The van der Waals surface area contributed by atoms with Crippen molar-refractivity contribution in [2.24, 2.45) is 17.8 Å². The van der Waals surface area contributed by atoms with Gasteiger partial charge in [0, 0.05) is 38.8 Å². The molecular weight excluding hydrogens is 404 g/mol. The van der Waals surface area contributed by atoms with E-state index in [1.807, 2.05) is 0 Å². The van der Waals surface area contributed by atoms with Gasteiger partial charge in [0.05, 0.1) is 0 Å². The summed E-state index contributed by atoms with van der Waals surface area (Å²) in [4.78, 5) is 26.7. The zero-order chi connectivity index (χ0) is 23.8. The second kappa shape index (κ2) is 11.8. The standard InChI is InChI=1S/C26H36N2O4/c1-18-6-8-20(9-7-18)10-11-21-12-14-22(15-13-21)19(2)16-17-28(5)26(32)24(30)23(29)25(31)27(3)4/h6,8-9,12-14,18-19,22-24,29-30H,7,15-17H2,1-5H3. The average Bonchev–Trinajstić information content (AvgIpc) is 2.80. The maximum absolute atomic E-state index is 12.4. The molecule has 6 nitrogen and oxygen atoms in total. The van der Waals surface area contributed by atoms with Gasteiger partial charge in [-0.05, 0) is 37.0 Å². The number of likely N-dealkylation sites (N-methyl/N-ethyl adjacent to an activating group) is 2. The quantitative estimate of drug-likeness (QED) is 0.596. The normalized spacial score (nSPS) is 22.6. The molecule has 2 N–H and O–H groups in total. The molecular formula is C26H36N2O4. The molecule has 5 unspecified atom stereocenters. The summed E-state index contributed by atoms with van der Waals surface area (Å²) in [6, 6.07) is 0.